The lowest BCUT2D eigenvalue weighted by molar-refractivity contribution is 0.743. The lowest BCUT2D eigenvalue weighted by Crippen LogP contribution is -1.89. The van der Waals surface area contributed by atoms with E-state index >= 15 is 0 Å². The molecule has 0 radical (unpaired) electrons. The second kappa shape index (κ2) is 3.00. The van der Waals surface area contributed by atoms with Gasteiger partial charge in [-0.25, -0.2) is 4.98 Å². The zero-order valence-electron chi connectivity index (χ0n) is 6.25. The van der Waals surface area contributed by atoms with Crippen molar-refractivity contribution in [3.63, 3.8) is 0 Å². The Morgan fingerprint density at radius 1 is 1.58 bits per heavy atom. The Bertz CT molecular complexity index is 309. The summed E-state index contributed by atoms with van der Waals surface area (Å²) in [5.41, 5.74) is 1.01. The molecule has 0 aromatic carbocycles. The van der Waals surface area contributed by atoms with Crippen molar-refractivity contribution in [1.29, 1.82) is 0 Å². The topological polar surface area (TPSA) is 58.9 Å². The van der Waals surface area contributed by atoms with Gasteiger partial charge in [-0.3, -0.25) is 0 Å². The molecule has 0 bridgehead atoms. The number of nitrogens with zero attached hydrogens (tertiary/aromatic N) is 4. The third-order valence-corrected chi connectivity index (χ3v) is 1.35. The van der Waals surface area contributed by atoms with Crippen LogP contribution in [0.3, 0.4) is 0 Å². The van der Waals surface area contributed by atoms with Crippen LogP contribution in [0.5, 0.6) is 0 Å². The first-order valence-electron chi connectivity index (χ1n) is 3.47. The summed E-state index contributed by atoms with van der Waals surface area (Å²) in [6.45, 7) is 0. The molecule has 2 aromatic heterocycles. The zero-order chi connectivity index (χ0) is 8.23. The van der Waals surface area contributed by atoms with Gasteiger partial charge < -0.3 is 4.98 Å². The predicted molar refractivity (Wildman–Crippen MR) is 43.8 cm³/mol. The van der Waals surface area contributed by atoms with E-state index in [-0.39, 0.29) is 0 Å². The predicted octanol–water partition coefficient (Wildman–Crippen LogP) is 0.488. The number of hydrogen-bond donors (Lipinski definition) is 1. The number of H-pyrrole nitrogens is 1. The van der Waals surface area contributed by atoms with Crippen LogP contribution in [0.4, 0.5) is 0 Å². The quantitative estimate of drug-likeness (QED) is 0.651. The summed E-state index contributed by atoms with van der Waals surface area (Å²) in [4.78, 5) is 8.07. The van der Waals surface area contributed by atoms with Gasteiger partial charge in [0, 0.05) is 18.0 Å². The Hall–Kier alpha value is -1.91. The zero-order valence-corrected chi connectivity index (χ0v) is 6.25. The molecule has 0 unspecified atom stereocenters. The normalized spacial score (nSPS) is 11.0. The van der Waals surface area contributed by atoms with Gasteiger partial charge in [-0.2, -0.15) is 5.10 Å². The number of rotatable bonds is 2. The van der Waals surface area contributed by atoms with Gasteiger partial charge >= 0.3 is 0 Å². The van der Waals surface area contributed by atoms with Crippen LogP contribution < -0.4 is 0 Å². The van der Waals surface area contributed by atoms with Gasteiger partial charge in [0.2, 0.25) is 0 Å². The monoisotopic (exact) mass is 161 g/mol. The van der Waals surface area contributed by atoms with Crippen LogP contribution >= 0.6 is 0 Å². The Labute approximate surface area is 68.8 Å². The Balaban J connectivity index is 2.14. The van der Waals surface area contributed by atoms with Crippen LogP contribution in [0.15, 0.2) is 36.2 Å². The van der Waals surface area contributed by atoms with Crippen LogP contribution in [-0.2, 0) is 0 Å². The molecule has 0 spiro atoms. The molecule has 0 atom stereocenters. The van der Waals surface area contributed by atoms with Crippen LogP contribution in [0, 0.1) is 0 Å². The van der Waals surface area contributed by atoms with Gasteiger partial charge in [-0.1, -0.05) is 0 Å². The Morgan fingerprint density at radius 3 is 3.25 bits per heavy atom. The third kappa shape index (κ3) is 1.39. The molecule has 2 rings (SSSR count). The van der Waals surface area contributed by atoms with Crippen molar-refractivity contribution in [3.05, 3.63) is 36.7 Å². The van der Waals surface area contributed by atoms with E-state index in [1.54, 1.807) is 6.21 Å². The van der Waals surface area contributed by atoms with E-state index in [1.807, 2.05) is 18.5 Å². The molecule has 0 saturated carbocycles. The van der Waals surface area contributed by atoms with Gasteiger partial charge in [0.05, 0.1) is 6.21 Å². The fraction of sp³-hybridized carbons (Fsp3) is 0. The van der Waals surface area contributed by atoms with Gasteiger partial charge in [0.1, 0.15) is 12.7 Å². The van der Waals surface area contributed by atoms with Crippen molar-refractivity contribution < 1.29 is 0 Å². The van der Waals surface area contributed by atoms with E-state index in [0.717, 1.165) is 5.56 Å². The molecule has 12 heavy (non-hydrogen) atoms. The molecule has 0 aliphatic heterocycles. The summed E-state index contributed by atoms with van der Waals surface area (Å²) in [5.74, 6) is 0. The van der Waals surface area contributed by atoms with E-state index in [0.29, 0.717) is 0 Å². The minimum Gasteiger partial charge on any atom is -0.367 e. The molecule has 2 heterocycles. The molecule has 5 heteroatoms. The maximum atomic E-state index is 4.01. The first kappa shape index (κ1) is 6.78. The van der Waals surface area contributed by atoms with Crippen LogP contribution in [0.25, 0.3) is 0 Å². The molecule has 0 aliphatic carbocycles. The fourth-order valence-corrected chi connectivity index (χ4v) is 0.805. The van der Waals surface area contributed by atoms with E-state index < -0.39 is 0 Å². The lowest BCUT2D eigenvalue weighted by atomic mass is 10.4. The van der Waals surface area contributed by atoms with Gasteiger partial charge in [-0.05, 0) is 6.07 Å². The molecular weight excluding hydrogens is 154 g/mol. The third-order valence-electron chi connectivity index (χ3n) is 1.35. The number of aromatic amines is 1. The fourth-order valence-electron chi connectivity index (χ4n) is 0.805. The Morgan fingerprint density at radius 2 is 2.58 bits per heavy atom. The minimum atomic E-state index is 1.01. The van der Waals surface area contributed by atoms with Crippen molar-refractivity contribution in [3.8, 4) is 0 Å². The highest BCUT2D eigenvalue weighted by molar-refractivity contribution is 5.78. The van der Waals surface area contributed by atoms with Gasteiger partial charge in [0.25, 0.3) is 0 Å². The summed E-state index contributed by atoms with van der Waals surface area (Å²) >= 11 is 0. The Kier molecular flexibility index (Phi) is 1.69. The second-order valence-corrected chi connectivity index (χ2v) is 2.20. The summed E-state index contributed by atoms with van der Waals surface area (Å²) in [7, 11) is 0. The van der Waals surface area contributed by atoms with Crippen LogP contribution in [-0.4, -0.2) is 26.1 Å². The molecule has 5 nitrogen and oxygen atoms in total. The number of hydrogen-bond acceptors (Lipinski definition) is 3. The highest BCUT2D eigenvalue weighted by Gasteiger charge is 1.86. The first-order valence-corrected chi connectivity index (χ1v) is 3.47. The van der Waals surface area contributed by atoms with Crippen molar-refractivity contribution in [2.45, 2.75) is 0 Å². The number of aromatic nitrogens is 4. The summed E-state index contributed by atoms with van der Waals surface area (Å²) in [6.07, 6.45) is 8.35. The SMILES string of the molecule is C(=N\n1cncn1)/c1cc[nH]c1. The van der Waals surface area contributed by atoms with Crippen molar-refractivity contribution in [2.75, 3.05) is 0 Å². The van der Waals surface area contributed by atoms with E-state index in [9.17, 15) is 0 Å². The highest BCUT2D eigenvalue weighted by Crippen LogP contribution is 1.91. The summed E-state index contributed by atoms with van der Waals surface area (Å²) < 4.78 is 0. The maximum absolute atomic E-state index is 4.01. The van der Waals surface area contributed by atoms with Gasteiger partial charge in [-0.15, -0.1) is 9.89 Å². The molecule has 0 saturated heterocycles. The van der Waals surface area contributed by atoms with Gasteiger partial charge in [0.15, 0.2) is 0 Å². The summed E-state index contributed by atoms with van der Waals surface area (Å²) in [5, 5.41) is 7.82. The molecular formula is C7H7N5. The molecule has 60 valence electrons. The smallest absolute Gasteiger partial charge is 0.139 e. The lowest BCUT2D eigenvalue weighted by Gasteiger charge is -1.85. The molecule has 2 aromatic rings. The van der Waals surface area contributed by atoms with Crippen LogP contribution in [0.2, 0.25) is 0 Å². The first-order chi connectivity index (χ1) is 5.95. The average molecular weight is 161 g/mol. The minimum absolute atomic E-state index is 1.01. The van der Waals surface area contributed by atoms with Crippen molar-refractivity contribution in [2.24, 2.45) is 5.10 Å². The van der Waals surface area contributed by atoms with Crippen LogP contribution in [0.1, 0.15) is 5.56 Å². The summed E-state index contributed by atoms with van der Waals surface area (Å²) in [6, 6.07) is 1.92. The second-order valence-electron chi connectivity index (χ2n) is 2.20. The molecule has 1 N–H and O–H groups in total. The van der Waals surface area contributed by atoms with E-state index in [1.165, 1.54) is 17.4 Å². The average Bonchev–Trinajstić information content (AvgIpc) is 2.74. The maximum Gasteiger partial charge on any atom is 0.139 e. The molecule has 0 amide bonds. The standard InChI is InChI=1S/C7H7N5/c1-2-8-3-7(1)4-10-12-6-9-5-11-12/h1-6,8H/b10-4+. The largest absolute Gasteiger partial charge is 0.367 e. The van der Waals surface area contributed by atoms with Crippen molar-refractivity contribution in [1.82, 2.24) is 19.9 Å². The number of nitrogens with one attached hydrogen (secondary N) is 1. The van der Waals surface area contributed by atoms with Crippen molar-refractivity contribution >= 4 is 6.21 Å². The van der Waals surface area contributed by atoms with E-state index in [4.69, 9.17) is 0 Å². The highest BCUT2D eigenvalue weighted by atomic mass is 15.5. The molecule has 0 fully saturated rings. The van der Waals surface area contributed by atoms with E-state index in [2.05, 4.69) is 20.2 Å². The molecule has 0 aliphatic rings.